The van der Waals surface area contributed by atoms with Crippen molar-refractivity contribution in [1.29, 1.82) is 0 Å². The highest BCUT2D eigenvalue weighted by Crippen LogP contribution is 2.11. The summed E-state index contributed by atoms with van der Waals surface area (Å²) in [5, 5.41) is 29.0. The molecule has 1 aromatic carbocycles. The van der Waals surface area contributed by atoms with Crippen LogP contribution in [0.5, 0.6) is 5.75 Å². The summed E-state index contributed by atoms with van der Waals surface area (Å²) in [4.78, 5) is 33.2. The lowest BCUT2D eigenvalue weighted by Crippen LogP contribution is -2.49. The van der Waals surface area contributed by atoms with E-state index in [0.717, 1.165) is 0 Å². The maximum atomic E-state index is 11.6. The minimum atomic E-state index is -1.32. The molecule has 0 bridgehead atoms. The Morgan fingerprint density at radius 2 is 1.71 bits per heavy atom. The number of carboxylic acids is 2. The Bertz CT molecular complexity index is 528. The van der Waals surface area contributed by atoms with E-state index in [0.29, 0.717) is 5.56 Å². The lowest BCUT2D eigenvalue weighted by molar-refractivity contribution is -0.142. The van der Waals surface area contributed by atoms with Crippen LogP contribution in [0.4, 0.5) is 0 Å². The van der Waals surface area contributed by atoms with E-state index >= 15 is 0 Å². The Hall–Kier alpha value is -2.61. The van der Waals surface area contributed by atoms with Gasteiger partial charge in [-0.05, 0) is 17.7 Å². The molecule has 8 heteroatoms. The number of aromatic hydroxyl groups is 1. The summed E-state index contributed by atoms with van der Waals surface area (Å²) in [6.07, 6.45) is -0.599. The number of carbonyl (C=O) groups is 3. The third-order valence-electron chi connectivity index (χ3n) is 2.72. The van der Waals surface area contributed by atoms with Crippen molar-refractivity contribution in [2.75, 3.05) is 0 Å². The smallest absolute Gasteiger partial charge is 0.326 e. The molecular weight excluding hydrogens is 280 g/mol. The average Bonchev–Trinajstić information content (AvgIpc) is 2.39. The number of phenolic OH excluding ortho intramolecular Hbond substituents is 1. The number of amides is 1. The topological polar surface area (TPSA) is 150 Å². The zero-order chi connectivity index (χ0) is 16.0. The van der Waals surface area contributed by atoms with Gasteiger partial charge in [0.25, 0.3) is 0 Å². The number of nitrogens with two attached hydrogens (primary N) is 1. The van der Waals surface area contributed by atoms with E-state index in [1.807, 2.05) is 0 Å². The third-order valence-corrected chi connectivity index (χ3v) is 2.72. The number of aliphatic carboxylic acids is 2. The van der Waals surface area contributed by atoms with E-state index in [2.05, 4.69) is 5.32 Å². The van der Waals surface area contributed by atoms with Gasteiger partial charge in [-0.1, -0.05) is 12.1 Å². The predicted molar refractivity (Wildman–Crippen MR) is 71.6 cm³/mol. The molecule has 0 unspecified atom stereocenters. The summed E-state index contributed by atoms with van der Waals surface area (Å²) >= 11 is 0. The lowest BCUT2D eigenvalue weighted by Gasteiger charge is -2.17. The summed E-state index contributed by atoms with van der Waals surface area (Å²) in [6.45, 7) is 0. The van der Waals surface area contributed by atoms with Crippen LogP contribution >= 0.6 is 0 Å². The largest absolute Gasteiger partial charge is 0.508 e. The summed E-state index contributed by atoms with van der Waals surface area (Å²) in [5.41, 5.74) is 5.95. The molecule has 0 aliphatic carbocycles. The van der Waals surface area contributed by atoms with E-state index in [-0.39, 0.29) is 12.2 Å². The van der Waals surface area contributed by atoms with Crippen molar-refractivity contribution in [2.45, 2.75) is 24.9 Å². The van der Waals surface area contributed by atoms with Crippen LogP contribution in [-0.2, 0) is 20.8 Å². The maximum absolute atomic E-state index is 11.6. The average molecular weight is 296 g/mol. The van der Waals surface area contributed by atoms with E-state index in [4.69, 9.17) is 21.1 Å². The van der Waals surface area contributed by atoms with Crippen molar-refractivity contribution >= 4 is 17.8 Å². The number of hydrogen-bond donors (Lipinski definition) is 5. The van der Waals surface area contributed by atoms with Crippen LogP contribution in [0.25, 0.3) is 0 Å². The number of rotatable bonds is 7. The first-order valence-corrected chi connectivity index (χ1v) is 6.08. The van der Waals surface area contributed by atoms with Gasteiger partial charge in [-0.15, -0.1) is 0 Å². The number of carbonyl (C=O) groups excluding carboxylic acids is 1. The molecule has 114 valence electrons. The van der Waals surface area contributed by atoms with Crippen LogP contribution in [0.15, 0.2) is 24.3 Å². The van der Waals surface area contributed by atoms with E-state index in [1.165, 1.54) is 24.3 Å². The Morgan fingerprint density at radius 1 is 1.14 bits per heavy atom. The SMILES string of the molecule is N[C@H](CC(=O)O)C(=O)N[C@@H](Cc1ccc(O)cc1)C(=O)O. The third kappa shape index (κ3) is 5.49. The van der Waals surface area contributed by atoms with E-state index in [9.17, 15) is 14.4 Å². The Kier molecular flexibility index (Phi) is 5.67. The Labute approximate surface area is 120 Å². The molecule has 1 amide bonds. The maximum Gasteiger partial charge on any atom is 0.326 e. The fourth-order valence-corrected chi connectivity index (χ4v) is 1.63. The van der Waals surface area contributed by atoms with Crippen LogP contribution in [0, 0.1) is 0 Å². The van der Waals surface area contributed by atoms with Crippen LogP contribution in [-0.4, -0.2) is 45.2 Å². The minimum Gasteiger partial charge on any atom is -0.508 e. The molecule has 6 N–H and O–H groups in total. The van der Waals surface area contributed by atoms with Gasteiger partial charge in [0, 0.05) is 6.42 Å². The van der Waals surface area contributed by atoms with Gasteiger partial charge in [-0.25, -0.2) is 4.79 Å². The van der Waals surface area contributed by atoms with E-state index in [1.54, 1.807) is 0 Å². The highest BCUT2D eigenvalue weighted by molar-refractivity contribution is 5.89. The molecule has 0 fully saturated rings. The van der Waals surface area contributed by atoms with Gasteiger partial charge < -0.3 is 26.4 Å². The standard InChI is InChI=1S/C13H16N2O6/c14-9(6-11(17)18)12(19)15-10(13(20)21)5-7-1-3-8(16)4-2-7/h1-4,9-10,16H,5-6,14H2,(H,15,19)(H,17,18)(H,20,21)/t9-,10+/m1/s1. The van der Waals surface area contributed by atoms with Crippen molar-refractivity contribution in [3.63, 3.8) is 0 Å². The molecule has 1 rings (SSSR count). The second-order valence-electron chi connectivity index (χ2n) is 4.47. The van der Waals surface area contributed by atoms with Crippen LogP contribution in [0.1, 0.15) is 12.0 Å². The molecule has 2 atom stereocenters. The molecule has 0 radical (unpaired) electrons. The van der Waals surface area contributed by atoms with Gasteiger partial charge >= 0.3 is 11.9 Å². The highest BCUT2D eigenvalue weighted by atomic mass is 16.4. The number of hydrogen-bond acceptors (Lipinski definition) is 5. The van der Waals surface area contributed by atoms with E-state index < -0.39 is 36.4 Å². The summed E-state index contributed by atoms with van der Waals surface area (Å²) in [5.74, 6) is -3.32. The van der Waals surface area contributed by atoms with Gasteiger partial charge in [-0.2, -0.15) is 0 Å². The first-order valence-electron chi connectivity index (χ1n) is 6.08. The zero-order valence-electron chi connectivity index (χ0n) is 11.0. The summed E-state index contributed by atoms with van der Waals surface area (Å²) < 4.78 is 0. The molecule has 0 saturated heterocycles. The Morgan fingerprint density at radius 3 is 2.19 bits per heavy atom. The van der Waals surface area contributed by atoms with Crippen molar-refractivity contribution in [1.82, 2.24) is 5.32 Å². The van der Waals surface area contributed by atoms with Crippen molar-refractivity contribution in [3.8, 4) is 5.75 Å². The number of benzene rings is 1. The lowest BCUT2D eigenvalue weighted by atomic mass is 10.1. The molecule has 0 aliphatic heterocycles. The normalized spacial score (nSPS) is 13.2. The summed E-state index contributed by atoms with van der Waals surface area (Å²) in [6, 6.07) is 3.29. The van der Waals surface area contributed by atoms with Crippen molar-refractivity contribution in [2.24, 2.45) is 5.73 Å². The first kappa shape index (κ1) is 16.4. The fraction of sp³-hybridized carbons (Fsp3) is 0.308. The van der Waals surface area contributed by atoms with Gasteiger partial charge in [0.1, 0.15) is 11.8 Å². The number of carboxylic acid groups (broad SMARTS) is 2. The monoisotopic (exact) mass is 296 g/mol. The van der Waals surface area contributed by atoms with Crippen molar-refractivity contribution < 1.29 is 29.7 Å². The molecular formula is C13H16N2O6. The Balaban J connectivity index is 2.69. The molecule has 0 heterocycles. The number of nitrogens with one attached hydrogen (secondary N) is 1. The molecule has 0 spiro atoms. The molecule has 0 aliphatic rings. The second kappa shape index (κ2) is 7.25. The van der Waals surface area contributed by atoms with Gasteiger partial charge in [0.05, 0.1) is 12.5 Å². The molecule has 0 saturated carbocycles. The molecule has 1 aromatic rings. The first-order chi connectivity index (χ1) is 9.79. The fourth-order valence-electron chi connectivity index (χ4n) is 1.63. The number of phenols is 1. The van der Waals surface area contributed by atoms with Gasteiger partial charge in [0.15, 0.2) is 0 Å². The quantitative estimate of drug-likeness (QED) is 0.446. The van der Waals surface area contributed by atoms with Crippen LogP contribution < -0.4 is 11.1 Å². The van der Waals surface area contributed by atoms with Gasteiger partial charge in [-0.3, -0.25) is 9.59 Å². The minimum absolute atomic E-state index is 0.0128. The highest BCUT2D eigenvalue weighted by Gasteiger charge is 2.24. The molecule has 21 heavy (non-hydrogen) atoms. The zero-order valence-corrected chi connectivity index (χ0v) is 11.0. The molecule has 0 aromatic heterocycles. The summed E-state index contributed by atoms with van der Waals surface area (Å²) in [7, 11) is 0. The van der Waals surface area contributed by atoms with Crippen LogP contribution in [0.2, 0.25) is 0 Å². The second-order valence-corrected chi connectivity index (χ2v) is 4.47. The van der Waals surface area contributed by atoms with Gasteiger partial charge in [0.2, 0.25) is 5.91 Å². The van der Waals surface area contributed by atoms with Crippen LogP contribution in [0.3, 0.4) is 0 Å². The predicted octanol–water partition coefficient (Wildman–Crippen LogP) is -0.694. The molecule has 8 nitrogen and oxygen atoms in total. The van der Waals surface area contributed by atoms with Crippen molar-refractivity contribution in [3.05, 3.63) is 29.8 Å².